The molecule has 4 N–H and O–H groups in total. The van der Waals surface area contributed by atoms with Crippen molar-refractivity contribution in [3.8, 4) is 0 Å². The summed E-state index contributed by atoms with van der Waals surface area (Å²) in [5, 5.41) is 17.8. The Hall–Kier alpha value is -0.860. The van der Waals surface area contributed by atoms with Gasteiger partial charge in [-0.3, -0.25) is 0 Å². The second-order valence-corrected chi connectivity index (χ2v) is 5.88. The fourth-order valence-corrected chi connectivity index (χ4v) is 3.09. The standard InChI is InChI=1S/C10H15ClN2O4S/c11-9-7-8(1-2-10(9)12)18(16,17)13(3-5-14)4-6-15/h1-2,7,14-15H,3-6,12H2. The Bertz CT molecular complexity index is 501. The van der Waals surface area contributed by atoms with Crippen LogP contribution < -0.4 is 5.73 Å². The summed E-state index contributed by atoms with van der Waals surface area (Å²) in [5.74, 6) is 0. The van der Waals surface area contributed by atoms with Crippen LogP contribution in [0, 0.1) is 0 Å². The third-order valence-electron chi connectivity index (χ3n) is 2.31. The van der Waals surface area contributed by atoms with E-state index in [1.165, 1.54) is 18.2 Å². The number of nitrogens with two attached hydrogens (primary N) is 1. The lowest BCUT2D eigenvalue weighted by atomic mass is 10.3. The van der Waals surface area contributed by atoms with Crippen LogP contribution in [0.3, 0.4) is 0 Å². The van der Waals surface area contributed by atoms with Crippen molar-refractivity contribution in [2.45, 2.75) is 4.90 Å². The quantitative estimate of drug-likeness (QED) is 0.636. The number of nitrogens with zero attached hydrogens (tertiary/aromatic N) is 1. The molecule has 0 unspecified atom stereocenters. The molecular weight excluding hydrogens is 280 g/mol. The fraction of sp³-hybridized carbons (Fsp3) is 0.400. The number of rotatable bonds is 6. The molecule has 18 heavy (non-hydrogen) atoms. The lowest BCUT2D eigenvalue weighted by Crippen LogP contribution is -2.35. The Morgan fingerprint density at radius 3 is 2.22 bits per heavy atom. The predicted molar refractivity (Wildman–Crippen MR) is 68.8 cm³/mol. The highest BCUT2D eigenvalue weighted by atomic mass is 35.5. The molecule has 0 radical (unpaired) electrons. The molecule has 0 spiro atoms. The highest BCUT2D eigenvalue weighted by molar-refractivity contribution is 7.89. The van der Waals surface area contributed by atoms with Gasteiger partial charge in [-0.1, -0.05) is 11.6 Å². The first-order valence-electron chi connectivity index (χ1n) is 5.20. The van der Waals surface area contributed by atoms with Gasteiger partial charge in [0.25, 0.3) is 0 Å². The molecule has 0 saturated heterocycles. The van der Waals surface area contributed by atoms with Crippen LogP contribution in [0.4, 0.5) is 5.69 Å². The van der Waals surface area contributed by atoms with Crippen molar-refractivity contribution < 1.29 is 18.6 Å². The lowest BCUT2D eigenvalue weighted by molar-refractivity contribution is 0.217. The number of nitrogen functional groups attached to an aromatic ring is 1. The number of halogens is 1. The molecule has 0 amide bonds. The lowest BCUT2D eigenvalue weighted by Gasteiger charge is -2.20. The number of aliphatic hydroxyl groups excluding tert-OH is 2. The van der Waals surface area contributed by atoms with Crippen LogP contribution in [0.2, 0.25) is 5.02 Å². The van der Waals surface area contributed by atoms with E-state index in [1.807, 2.05) is 0 Å². The molecule has 0 aliphatic heterocycles. The zero-order chi connectivity index (χ0) is 13.8. The normalized spacial score (nSPS) is 12.0. The van der Waals surface area contributed by atoms with Crippen LogP contribution in [0.15, 0.2) is 23.1 Å². The topological polar surface area (TPSA) is 104 Å². The Balaban J connectivity index is 3.13. The van der Waals surface area contributed by atoms with E-state index in [0.717, 1.165) is 4.31 Å². The van der Waals surface area contributed by atoms with Crippen molar-refractivity contribution in [3.63, 3.8) is 0 Å². The Morgan fingerprint density at radius 2 is 1.78 bits per heavy atom. The van der Waals surface area contributed by atoms with Gasteiger partial charge in [0.1, 0.15) is 0 Å². The van der Waals surface area contributed by atoms with Crippen molar-refractivity contribution >= 4 is 27.3 Å². The van der Waals surface area contributed by atoms with Gasteiger partial charge in [0.15, 0.2) is 0 Å². The monoisotopic (exact) mass is 294 g/mol. The number of aliphatic hydroxyl groups is 2. The zero-order valence-corrected chi connectivity index (χ0v) is 11.2. The summed E-state index contributed by atoms with van der Waals surface area (Å²) in [5.41, 5.74) is 5.79. The van der Waals surface area contributed by atoms with E-state index < -0.39 is 10.0 Å². The summed E-state index contributed by atoms with van der Waals surface area (Å²) in [4.78, 5) is -0.0244. The van der Waals surface area contributed by atoms with Crippen molar-refractivity contribution in [2.24, 2.45) is 0 Å². The summed E-state index contributed by atoms with van der Waals surface area (Å²) in [6.45, 7) is -0.848. The van der Waals surface area contributed by atoms with Crippen LogP contribution in [-0.4, -0.2) is 49.2 Å². The van der Waals surface area contributed by atoms with Gasteiger partial charge in [-0.25, -0.2) is 8.42 Å². The molecule has 0 bridgehead atoms. The van der Waals surface area contributed by atoms with Gasteiger partial charge >= 0.3 is 0 Å². The fourth-order valence-electron chi connectivity index (χ4n) is 1.39. The van der Waals surface area contributed by atoms with Crippen molar-refractivity contribution in [1.82, 2.24) is 4.31 Å². The molecule has 8 heteroatoms. The van der Waals surface area contributed by atoms with Crippen molar-refractivity contribution in [2.75, 3.05) is 32.0 Å². The maximum Gasteiger partial charge on any atom is 0.243 e. The Kier molecular flexibility index (Phi) is 5.36. The molecule has 1 aromatic carbocycles. The first-order chi connectivity index (χ1) is 8.43. The summed E-state index contributed by atoms with van der Waals surface area (Å²) in [7, 11) is -3.79. The van der Waals surface area contributed by atoms with Gasteiger partial charge in [-0.2, -0.15) is 4.31 Å². The first kappa shape index (κ1) is 15.2. The third kappa shape index (κ3) is 3.33. The summed E-state index contributed by atoms with van der Waals surface area (Å²) in [6.07, 6.45) is 0. The highest BCUT2D eigenvalue weighted by Gasteiger charge is 2.24. The molecule has 102 valence electrons. The molecule has 0 fully saturated rings. The van der Waals surface area contributed by atoms with Gasteiger partial charge < -0.3 is 15.9 Å². The number of hydrogen-bond acceptors (Lipinski definition) is 5. The van der Waals surface area contributed by atoms with Crippen LogP contribution >= 0.6 is 11.6 Å². The zero-order valence-electron chi connectivity index (χ0n) is 9.58. The Morgan fingerprint density at radius 1 is 1.22 bits per heavy atom. The molecule has 0 saturated carbocycles. The van der Waals surface area contributed by atoms with Crippen LogP contribution in [0.1, 0.15) is 0 Å². The van der Waals surface area contributed by atoms with Gasteiger partial charge in [0.2, 0.25) is 10.0 Å². The summed E-state index contributed by atoms with van der Waals surface area (Å²) >= 11 is 5.77. The van der Waals surface area contributed by atoms with Crippen LogP contribution in [0.5, 0.6) is 0 Å². The van der Waals surface area contributed by atoms with Gasteiger partial charge in [-0.05, 0) is 18.2 Å². The van der Waals surface area contributed by atoms with E-state index in [-0.39, 0.29) is 41.9 Å². The second-order valence-electron chi connectivity index (χ2n) is 3.53. The van der Waals surface area contributed by atoms with Gasteiger partial charge in [0, 0.05) is 13.1 Å². The highest BCUT2D eigenvalue weighted by Crippen LogP contribution is 2.24. The van der Waals surface area contributed by atoms with Gasteiger partial charge in [-0.15, -0.1) is 0 Å². The van der Waals surface area contributed by atoms with Crippen molar-refractivity contribution in [1.29, 1.82) is 0 Å². The van der Waals surface area contributed by atoms with E-state index >= 15 is 0 Å². The van der Waals surface area contributed by atoms with E-state index in [0.29, 0.717) is 0 Å². The minimum atomic E-state index is -3.79. The van der Waals surface area contributed by atoms with Crippen LogP contribution in [0.25, 0.3) is 0 Å². The number of anilines is 1. The third-order valence-corrected chi connectivity index (χ3v) is 4.53. The molecular formula is C10H15ClN2O4S. The number of benzene rings is 1. The molecule has 0 heterocycles. The maximum atomic E-state index is 12.2. The Labute approximate surface area is 111 Å². The second kappa shape index (κ2) is 6.35. The van der Waals surface area contributed by atoms with Crippen LogP contribution in [-0.2, 0) is 10.0 Å². The molecule has 1 rings (SSSR count). The average molecular weight is 295 g/mol. The SMILES string of the molecule is Nc1ccc(S(=O)(=O)N(CCO)CCO)cc1Cl. The number of sulfonamides is 1. The molecule has 6 nitrogen and oxygen atoms in total. The minimum absolute atomic E-state index is 0.0244. The minimum Gasteiger partial charge on any atom is -0.398 e. The van der Waals surface area contributed by atoms with E-state index in [1.54, 1.807) is 0 Å². The molecule has 0 aromatic heterocycles. The van der Waals surface area contributed by atoms with Gasteiger partial charge in [0.05, 0.1) is 28.8 Å². The first-order valence-corrected chi connectivity index (χ1v) is 7.02. The van der Waals surface area contributed by atoms with E-state index in [2.05, 4.69) is 0 Å². The smallest absolute Gasteiger partial charge is 0.243 e. The average Bonchev–Trinajstić information content (AvgIpc) is 2.32. The molecule has 0 atom stereocenters. The van der Waals surface area contributed by atoms with E-state index in [4.69, 9.17) is 27.5 Å². The summed E-state index contributed by atoms with van der Waals surface area (Å²) < 4.78 is 25.3. The largest absolute Gasteiger partial charge is 0.398 e. The maximum absolute atomic E-state index is 12.2. The predicted octanol–water partition coefficient (Wildman–Crippen LogP) is -0.102. The molecule has 0 aliphatic carbocycles. The molecule has 1 aromatic rings. The molecule has 0 aliphatic rings. The van der Waals surface area contributed by atoms with Crippen molar-refractivity contribution in [3.05, 3.63) is 23.2 Å². The van der Waals surface area contributed by atoms with E-state index in [9.17, 15) is 8.42 Å². The number of hydrogen-bond donors (Lipinski definition) is 3. The summed E-state index contributed by atoms with van der Waals surface area (Å²) in [6, 6.07) is 3.97.